The second-order valence-corrected chi connectivity index (χ2v) is 7.38. The van der Waals surface area contributed by atoms with E-state index in [2.05, 4.69) is 36.0 Å². The Morgan fingerprint density at radius 3 is 2.92 bits per heavy atom. The van der Waals surface area contributed by atoms with E-state index in [0.717, 1.165) is 49.3 Å². The van der Waals surface area contributed by atoms with Gasteiger partial charge in [-0.1, -0.05) is 0 Å². The molecular weight excluding hydrogens is 324 g/mol. The van der Waals surface area contributed by atoms with Crippen LogP contribution in [-0.4, -0.2) is 62.4 Å². The number of ether oxygens (including phenoxy) is 2. The number of aliphatic imine (C=N–C) groups is 1. The van der Waals surface area contributed by atoms with Crippen LogP contribution in [0.5, 0.6) is 0 Å². The molecule has 6 nitrogen and oxygen atoms in total. The fourth-order valence-corrected chi connectivity index (χ4v) is 3.59. The van der Waals surface area contributed by atoms with E-state index in [-0.39, 0.29) is 0 Å². The van der Waals surface area contributed by atoms with Gasteiger partial charge in [-0.2, -0.15) is 0 Å². The average molecular weight is 355 g/mol. The van der Waals surface area contributed by atoms with Crippen LogP contribution in [0.15, 0.2) is 4.99 Å². The van der Waals surface area contributed by atoms with E-state index in [1.54, 1.807) is 18.4 Å². The van der Waals surface area contributed by atoms with E-state index in [4.69, 9.17) is 14.5 Å². The van der Waals surface area contributed by atoms with E-state index in [9.17, 15) is 0 Å². The molecule has 0 aromatic carbocycles. The van der Waals surface area contributed by atoms with Crippen molar-refractivity contribution in [1.82, 2.24) is 15.2 Å². The van der Waals surface area contributed by atoms with Crippen LogP contribution in [0, 0.1) is 19.8 Å². The van der Waals surface area contributed by atoms with Crippen molar-refractivity contribution in [2.45, 2.75) is 33.7 Å². The lowest BCUT2D eigenvalue weighted by Crippen LogP contribution is -2.40. The van der Waals surface area contributed by atoms with Crippen LogP contribution < -0.4 is 5.32 Å². The highest BCUT2D eigenvalue weighted by molar-refractivity contribution is 7.11. The normalized spacial score (nSPS) is 18.4. The van der Waals surface area contributed by atoms with Crippen LogP contribution in [-0.2, 0) is 16.0 Å². The first kappa shape index (κ1) is 19.1. The first-order valence-corrected chi connectivity index (χ1v) is 9.48. The summed E-state index contributed by atoms with van der Waals surface area (Å²) < 4.78 is 10.7. The zero-order valence-corrected chi connectivity index (χ0v) is 16.1. The number of rotatable bonds is 8. The summed E-state index contributed by atoms with van der Waals surface area (Å²) in [6, 6.07) is 0. The molecule has 0 saturated carbocycles. The second kappa shape index (κ2) is 9.96. The van der Waals surface area contributed by atoms with E-state index in [1.807, 2.05) is 0 Å². The molecule has 0 aliphatic carbocycles. The molecular formula is C17H30N4O2S. The smallest absolute Gasteiger partial charge is 0.194 e. The summed E-state index contributed by atoms with van der Waals surface area (Å²) in [4.78, 5) is 13.0. The van der Waals surface area contributed by atoms with Crippen LogP contribution in [0.3, 0.4) is 0 Å². The lowest BCUT2D eigenvalue weighted by Gasteiger charge is -2.21. The van der Waals surface area contributed by atoms with E-state index >= 15 is 0 Å². The number of hydrogen-bond acceptors (Lipinski definition) is 5. The maximum Gasteiger partial charge on any atom is 0.194 e. The molecule has 136 valence electrons. The number of hydrogen-bond donors (Lipinski definition) is 1. The number of aromatic nitrogens is 1. The second-order valence-electron chi connectivity index (χ2n) is 6.09. The number of likely N-dealkylation sites (tertiary alicyclic amines) is 1. The largest absolute Gasteiger partial charge is 0.382 e. The summed E-state index contributed by atoms with van der Waals surface area (Å²) >= 11 is 1.74. The quantitative estimate of drug-likeness (QED) is 0.441. The van der Waals surface area contributed by atoms with Gasteiger partial charge in [0.25, 0.3) is 0 Å². The SMILES string of the molecule is CCNC(=NCc1nc(C)c(C)s1)N1CCC(COCCOC)C1. The molecule has 0 bridgehead atoms. The molecule has 0 spiro atoms. The molecule has 1 saturated heterocycles. The maximum atomic E-state index is 5.67. The van der Waals surface area contributed by atoms with E-state index < -0.39 is 0 Å². The molecule has 1 aliphatic heterocycles. The fourth-order valence-electron chi connectivity index (χ4n) is 2.73. The standard InChI is InChI=1S/C17H30N4O2S/c1-5-18-17(19-10-16-20-13(2)14(3)24-16)21-7-6-15(11-21)12-23-9-8-22-4/h15H,5-12H2,1-4H3,(H,18,19). The van der Waals surface area contributed by atoms with Crippen LogP contribution in [0.1, 0.15) is 28.9 Å². The summed E-state index contributed by atoms with van der Waals surface area (Å²) in [6.45, 7) is 11.9. The highest BCUT2D eigenvalue weighted by Gasteiger charge is 2.25. The fraction of sp³-hybridized carbons (Fsp3) is 0.765. The first-order valence-electron chi connectivity index (χ1n) is 8.66. The van der Waals surface area contributed by atoms with Gasteiger partial charge in [0.15, 0.2) is 5.96 Å². The molecule has 2 heterocycles. The molecule has 1 aromatic rings. The Morgan fingerprint density at radius 2 is 2.25 bits per heavy atom. The predicted octanol–water partition coefficient (Wildman–Crippen LogP) is 2.21. The van der Waals surface area contributed by atoms with Crippen molar-refractivity contribution in [3.8, 4) is 0 Å². The van der Waals surface area contributed by atoms with Crippen molar-refractivity contribution in [1.29, 1.82) is 0 Å². The van der Waals surface area contributed by atoms with Crippen LogP contribution >= 0.6 is 11.3 Å². The third-order valence-electron chi connectivity index (χ3n) is 4.14. The lowest BCUT2D eigenvalue weighted by molar-refractivity contribution is 0.0536. The average Bonchev–Trinajstić information content (AvgIpc) is 3.15. The first-order chi connectivity index (χ1) is 11.6. The van der Waals surface area contributed by atoms with Crippen molar-refractivity contribution in [3.05, 3.63) is 15.6 Å². The van der Waals surface area contributed by atoms with Gasteiger partial charge in [-0.05, 0) is 27.2 Å². The number of thiazole rings is 1. The van der Waals surface area contributed by atoms with Gasteiger partial charge in [0.2, 0.25) is 0 Å². The number of nitrogens with one attached hydrogen (secondary N) is 1. The molecule has 1 aromatic heterocycles. The molecule has 24 heavy (non-hydrogen) atoms. The van der Waals surface area contributed by atoms with Crippen LogP contribution in [0.25, 0.3) is 0 Å². The van der Waals surface area contributed by atoms with Crippen LogP contribution in [0.4, 0.5) is 0 Å². The van der Waals surface area contributed by atoms with Gasteiger partial charge in [-0.3, -0.25) is 0 Å². The molecule has 1 atom stereocenters. The van der Waals surface area contributed by atoms with E-state index in [0.29, 0.717) is 25.7 Å². The minimum atomic E-state index is 0.565. The highest BCUT2D eigenvalue weighted by Crippen LogP contribution is 2.19. The third-order valence-corrected chi connectivity index (χ3v) is 5.20. The maximum absolute atomic E-state index is 5.67. The highest BCUT2D eigenvalue weighted by atomic mass is 32.1. The topological polar surface area (TPSA) is 59.0 Å². The molecule has 1 fully saturated rings. The molecule has 1 aliphatic rings. The van der Waals surface area contributed by atoms with Crippen molar-refractivity contribution < 1.29 is 9.47 Å². The Kier molecular flexibility index (Phi) is 7.94. The van der Waals surface area contributed by atoms with Gasteiger partial charge in [-0.25, -0.2) is 9.98 Å². The van der Waals surface area contributed by atoms with Gasteiger partial charge in [0.1, 0.15) is 5.01 Å². The minimum Gasteiger partial charge on any atom is -0.382 e. The van der Waals surface area contributed by atoms with Gasteiger partial charge in [-0.15, -0.1) is 11.3 Å². The number of nitrogens with zero attached hydrogens (tertiary/aromatic N) is 3. The van der Waals surface area contributed by atoms with Crippen molar-refractivity contribution in [2.75, 3.05) is 46.6 Å². The van der Waals surface area contributed by atoms with Gasteiger partial charge < -0.3 is 19.7 Å². The van der Waals surface area contributed by atoms with Gasteiger partial charge >= 0.3 is 0 Å². The Morgan fingerprint density at radius 1 is 1.42 bits per heavy atom. The molecule has 7 heteroatoms. The number of guanidine groups is 1. The third kappa shape index (κ3) is 5.72. The van der Waals surface area contributed by atoms with Crippen LogP contribution in [0.2, 0.25) is 0 Å². The zero-order chi connectivity index (χ0) is 17.4. The molecule has 0 radical (unpaired) electrons. The molecule has 1 unspecified atom stereocenters. The monoisotopic (exact) mass is 354 g/mol. The summed E-state index contributed by atoms with van der Waals surface area (Å²) in [6.07, 6.45) is 1.15. The zero-order valence-electron chi connectivity index (χ0n) is 15.3. The number of aryl methyl sites for hydroxylation is 2. The van der Waals surface area contributed by atoms with Gasteiger partial charge in [0, 0.05) is 37.5 Å². The lowest BCUT2D eigenvalue weighted by atomic mass is 10.1. The Bertz CT molecular complexity index is 513. The minimum absolute atomic E-state index is 0.565. The van der Waals surface area contributed by atoms with Crippen molar-refractivity contribution in [2.24, 2.45) is 10.9 Å². The van der Waals surface area contributed by atoms with Gasteiger partial charge in [0.05, 0.1) is 32.1 Å². The number of methoxy groups -OCH3 is 1. The Labute approximate surface area is 149 Å². The Balaban J connectivity index is 1.86. The molecule has 2 rings (SSSR count). The van der Waals surface area contributed by atoms with Crippen molar-refractivity contribution >= 4 is 17.3 Å². The summed E-state index contributed by atoms with van der Waals surface area (Å²) in [5.41, 5.74) is 1.12. The summed E-state index contributed by atoms with van der Waals surface area (Å²) in [5.74, 6) is 1.55. The molecule has 1 N–H and O–H groups in total. The molecule has 0 amide bonds. The predicted molar refractivity (Wildman–Crippen MR) is 98.8 cm³/mol. The summed E-state index contributed by atoms with van der Waals surface area (Å²) in [5, 5.41) is 4.49. The summed E-state index contributed by atoms with van der Waals surface area (Å²) in [7, 11) is 1.70. The van der Waals surface area contributed by atoms with Crippen molar-refractivity contribution in [3.63, 3.8) is 0 Å². The van der Waals surface area contributed by atoms with E-state index in [1.165, 1.54) is 4.88 Å². The Hall–Kier alpha value is -1.18.